The molecule has 0 unspecified atom stereocenters. The lowest BCUT2D eigenvalue weighted by Gasteiger charge is -2.08. The van der Waals surface area contributed by atoms with Crippen molar-refractivity contribution in [1.82, 2.24) is 0 Å². The number of benzene rings is 2. The van der Waals surface area contributed by atoms with Crippen molar-refractivity contribution in [3.8, 4) is 16.9 Å². The Balaban J connectivity index is 1.86. The van der Waals surface area contributed by atoms with Crippen LogP contribution in [0.3, 0.4) is 0 Å². The molecular formula is C15H14ClNO. The number of nitrogens with two attached hydrogens (primary N) is 1. The lowest BCUT2D eigenvalue weighted by atomic mass is 10.1. The van der Waals surface area contributed by atoms with Crippen LogP contribution in [0.4, 0.5) is 5.69 Å². The zero-order chi connectivity index (χ0) is 12.5. The summed E-state index contributed by atoms with van der Waals surface area (Å²) in [5.41, 5.74) is 8.43. The minimum absolute atomic E-state index is 0.427. The molecule has 2 aromatic rings. The normalized spacial score (nSPS) is 14.5. The number of nitrogen functional groups attached to an aromatic ring is 1. The van der Waals surface area contributed by atoms with Gasteiger partial charge in [0, 0.05) is 11.3 Å². The summed E-state index contributed by atoms with van der Waals surface area (Å²) in [6.45, 7) is 0. The first-order chi connectivity index (χ1) is 8.72. The Morgan fingerprint density at radius 3 is 2.39 bits per heavy atom. The van der Waals surface area contributed by atoms with Gasteiger partial charge in [-0.25, -0.2) is 0 Å². The molecule has 1 fully saturated rings. The van der Waals surface area contributed by atoms with E-state index in [1.807, 2.05) is 36.4 Å². The van der Waals surface area contributed by atoms with E-state index in [1.54, 1.807) is 6.07 Å². The summed E-state index contributed by atoms with van der Waals surface area (Å²) in [6.07, 6.45) is 2.77. The van der Waals surface area contributed by atoms with E-state index in [2.05, 4.69) is 0 Å². The Morgan fingerprint density at radius 1 is 1.06 bits per heavy atom. The molecule has 1 aliphatic rings. The van der Waals surface area contributed by atoms with Crippen LogP contribution in [0.5, 0.6) is 5.75 Å². The highest BCUT2D eigenvalue weighted by molar-refractivity contribution is 6.33. The largest absolute Gasteiger partial charge is 0.490 e. The van der Waals surface area contributed by atoms with E-state index in [0.29, 0.717) is 16.8 Å². The summed E-state index contributed by atoms with van der Waals surface area (Å²) in [7, 11) is 0. The predicted octanol–water partition coefficient (Wildman–Crippen LogP) is 4.13. The first-order valence-corrected chi connectivity index (χ1v) is 6.42. The third-order valence-corrected chi connectivity index (χ3v) is 3.30. The van der Waals surface area contributed by atoms with E-state index in [0.717, 1.165) is 16.9 Å². The zero-order valence-corrected chi connectivity index (χ0v) is 10.7. The van der Waals surface area contributed by atoms with Crippen LogP contribution in [0.2, 0.25) is 5.02 Å². The molecule has 0 radical (unpaired) electrons. The van der Waals surface area contributed by atoms with E-state index < -0.39 is 0 Å². The van der Waals surface area contributed by atoms with E-state index in [1.165, 1.54) is 12.8 Å². The first kappa shape index (κ1) is 11.4. The van der Waals surface area contributed by atoms with Gasteiger partial charge in [0.05, 0.1) is 11.1 Å². The van der Waals surface area contributed by atoms with Gasteiger partial charge in [0.25, 0.3) is 0 Å². The number of halogens is 1. The fourth-order valence-corrected chi connectivity index (χ4v) is 2.15. The Hall–Kier alpha value is -1.67. The Kier molecular flexibility index (Phi) is 2.88. The zero-order valence-electron chi connectivity index (χ0n) is 9.90. The number of rotatable bonds is 3. The van der Waals surface area contributed by atoms with Gasteiger partial charge < -0.3 is 10.5 Å². The standard InChI is InChI=1S/C15H14ClNO/c16-15-9-11(17)3-8-14(15)10-1-4-12(5-2-10)18-13-6-7-13/h1-5,8-9,13H,6-7,17H2. The number of ether oxygens (including phenoxy) is 1. The van der Waals surface area contributed by atoms with Crippen LogP contribution >= 0.6 is 11.6 Å². The molecule has 0 aromatic heterocycles. The van der Waals surface area contributed by atoms with E-state index in [4.69, 9.17) is 22.1 Å². The summed E-state index contributed by atoms with van der Waals surface area (Å²) in [4.78, 5) is 0. The smallest absolute Gasteiger partial charge is 0.119 e. The summed E-state index contributed by atoms with van der Waals surface area (Å²) < 4.78 is 5.71. The molecule has 0 heterocycles. The van der Waals surface area contributed by atoms with Gasteiger partial charge in [0.2, 0.25) is 0 Å². The van der Waals surface area contributed by atoms with Crippen molar-refractivity contribution in [1.29, 1.82) is 0 Å². The SMILES string of the molecule is Nc1ccc(-c2ccc(OC3CC3)cc2)c(Cl)c1. The second-order valence-corrected chi connectivity index (χ2v) is 4.99. The van der Waals surface area contributed by atoms with Crippen molar-refractivity contribution < 1.29 is 4.74 Å². The highest BCUT2D eigenvalue weighted by atomic mass is 35.5. The van der Waals surface area contributed by atoms with Gasteiger partial charge in [-0.1, -0.05) is 29.8 Å². The number of anilines is 1. The van der Waals surface area contributed by atoms with Crippen LogP contribution in [0.25, 0.3) is 11.1 Å². The molecule has 2 N–H and O–H groups in total. The van der Waals surface area contributed by atoms with Crippen molar-refractivity contribution in [2.24, 2.45) is 0 Å². The maximum atomic E-state index is 6.19. The molecule has 0 amide bonds. The molecule has 18 heavy (non-hydrogen) atoms. The lowest BCUT2D eigenvalue weighted by Crippen LogP contribution is -1.95. The molecular weight excluding hydrogens is 246 g/mol. The Labute approximate surface area is 111 Å². The maximum Gasteiger partial charge on any atom is 0.119 e. The minimum atomic E-state index is 0.427. The molecule has 1 saturated carbocycles. The third kappa shape index (κ3) is 2.44. The summed E-state index contributed by atoms with van der Waals surface area (Å²) in [5.74, 6) is 0.924. The lowest BCUT2D eigenvalue weighted by molar-refractivity contribution is 0.303. The van der Waals surface area contributed by atoms with Gasteiger partial charge in [-0.15, -0.1) is 0 Å². The fourth-order valence-electron chi connectivity index (χ4n) is 1.86. The molecule has 3 heteroatoms. The van der Waals surface area contributed by atoms with Crippen molar-refractivity contribution in [2.75, 3.05) is 5.73 Å². The summed E-state index contributed by atoms with van der Waals surface area (Å²) in [6, 6.07) is 13.6. The van der Waals surface area contributed by atoms with Crippen LogP contribution in [0, 0.1) is 0 Å². The van der Waals surface area contributed by atoms with Crippen LogP contribution in [0.15, 0.2) is 42.5 Å². The van der Waals surface area contributed by atoms with Gasteiger partial charge in [-0.3, -0.25) is 0 Å². The Morgan fingerprint density at radius 2 is 1.78 bits per heavy atom. The molecule has 2 aromatic carbocycles. The second kappa shape index (κ2) is 4.54. The van der Waals surface area contributed by atoms with Crippen molar-refractivity contribution in [3.63, 3.8) is 0 Å². The van der Waals surface area contributed by atoms with Gasteiger partial charge in [-0.2, -0.15) is 0 Å². The maximum absolute atomic E-state index is 6.19. The van der Waals surface area contributed by atoms with Crippen LogP contribution in [-0.2, 0) is 0 Å². The minimum Gasteiger partial charge on any atom is -0.490 e. The van der Waals surface area contributed by atoms with Gasteiger partial charge in [0.1, 0.15) is 5.75 Å². The van der Waals surface area contributed by atoms with Gasteiger partial charge >= 0.3 is 0 Å². The highest BCUT2D eigenvalue weighted by Crippen LogP contribution is 2.32. The second-order valence-electron chi connectivity index (χ2n) is 4.58. The third-order valence-electron chi connectivity index (χ3n) is 2.99. The molecule has 2 nitrogen and oxygen atoms in total. The van der Waals surface area contributed by atoms with E-state index in [-0.39, 0.29) is 0 Å². The molecule has 3 rings (SSSR count). The molecule has 0 aliphatic heterocycles. The molecule has 0 atom stereocenters. The average molecular weight is 260 g/mol. The monoisotopic (exact) mass is 259 g/mol. The molecule has 92 valence electrons. The fraction of sp³-hybridized carbons (Fsp3) is 0.200. The number of hydrogen-bond acceptors (Lipinski definition) is 2. The summed E-state index contributed by atoms with van der Waals surface area (Å²) >= 11 is 6.19. The average Bonchev–Trinajstić information content (AvgIpc) is 3.15. The topological polar surface area (TPSA) is 35.2 Å². The molecule has 0 saturated heterocycles. The van der Waals surface area contributed by atoms with Crippen molar-refractivity contribution in [3.05, 3.63) is 47.5 Å². The van der Waals surface area contributed by atoms with Crippen LogP contribution in [-0.4, -0.2) is 6.10 Å². The quantitative estimate of drug-likeness (QED) is 0.841. The predicted molar refractivity (Wildman–Crippen MR) is 75.0 cm³/mol. The highest BCUT2D eigenvalue weighted by Gasteiger charge is 2.23. The van der Waals surface area contributed by atoms with Gasteiger partial charge in [-0.05, 0) is 42.7 Å². The van der Waals surface area contributed by atoms with E-state index in [9.17, 15) is 0 Å². The van der Waals surface area contributed by atoms with Crippen molar-refractivity contribution >= 4 is 17.3 Å². The summed E-state index contributed by atoms with van der Waals surface area (Å²) in [5, 5.41) is 0.672. The van der Waals surface area contributed by atoms with Crippen LogP contribution in [0.1, 0.15) is 12.8 Å². The van der Waals surface area contributed by atoms with Crippen molar-refractivity contribution in [2.45, 2.75) is 18.9 Å². The number of hydrogen-bond donors (Lipinski definition) is 1. The van der Waals surface area contributed by atoms with Gasteiger partial charge in [0.15, 0.2) is 0 Å². The molecule has 0 bridgehead atoms. The molecule has 0 spiro atoms. The molecule has 1 aliphatic carbocycles. The van der Waals surface area contributed by atoms with E-state index >= 15 is 0 Å². The Bertz CT molecular complexity index is 561. The first-order valence-electron chi connectivity index (χ1n) is 6.04. The van der Waals surface area contributed by atoms with Crippen LogP contribution < -0.4 is 10.5 Å².